The molecule has 0 radical (unpaired) electrons. The van der Waals surface area contributed by atoms with Crippen LogP contribution in [0.4, 0.5) is 0 Å². The molecule has 1 atom stereocenters. The lowest BCUT2D eigenvalue weighted by molar-refractivity contribution is 0.398. The Morgan fingerprint density at radius 2 is 1.12 bits per heavy atom. The van der Waals surface area contributed by atoms with Crippen LogP contribution in [-0.2, 0) is 10.8 Å². The van der Waals surface area contributed by atoms with Crippen LogP contribution in [0.2, 0.25) is 0 Å². The van der Waals surface area contributed by atoms with Gasteiger partial charge in [0.15, 0.2) is 0 Å². The maximum atomic E-state index is 4.78. The van der Waals surface area contributed by atoms with Crippen molar-refractivity contribution in [2.45, 2.75) is 178 Å². The van der Waals surface area contributed by atoms with Crippen molar-refractivity contribution in [1.29, 1.82) is 0 Å². The fourth-order valence-electron chi connectivity index (χ4n) is 6.17. The molecule has 0 heterocycles. The highest BCUT2D eigenvalue weighted by Gasteiger charge is 2.28. The lowest BCUT2D eigenvalue weighted by atomic mass is 9.72. The molecule has 2 aliphatic carbocycles. The van der Waals surface area contributed by atoms with E-state index in [1.54, 1.807) is 11.1 Å². The molecule has 0 heteroatoms. The van der Waals surface area contributed by atoms with Gasteiger partial charge in [-0.3, -0.25) is 0 Å². The average Bonchev–Trinajstić information content (AvgIpc) is 3.10. The fourth-order valence-corrected chi connectivity index (χ4v) is 6.17. The Balaban J connectivity index is 0.000000867. The molecule has 0 nitrogen and oxygen atoms in total. The van der Waals surface area contributed by atoms with Gasteiger partial charge < -0.3 is 0 Å². The molecule has 1 saturated carbocycles. The molecule has 0 N–H and O–H groups in total. The molecule has 2 aromatic rings. The van der Waals surface area contributed by atoms with Gasteiger partial charge in [-0.05, 0) is 93.2 Å². The summed E-state index contributed by atoms with van der Waals surface area (Å²) in [6.45, 7) is 31.4. The van der Waals surface area contributed by atoms with E-state index in [9.17, 15) is 0 Å². The van der Waals surface area contributed by atoms with Crippen molar-refractivity contribution in [3.05, 3.63) is 94.1 Å². The van der Waals surface area contributed by atoms with Gasteiger partial charge in [-0.2, -0.15) is 0 Å². The lowest BCUT2D eigenvalue weighted by Gasteiger charge is -2.33. The molecule has 0 spiro atoms. The van der Waals surface area contributed by atoms with Crippen molar-refractivity contribution in [2.24, 2.45) is 11.3 Å². The van der Waals surface area contributed by atoms with E-state index in [0.29, 0.717) is 11.3 Å². The molecule has 0 aliphatic heterocycles. The largest absolute Gasteiger partial charge is 0.120 e. The number of unbranched alkanes of at least 4 members (excludes halogenated alkanes) is 2. The Kier molecular flexibility index (Phi) is 19.4. The summed E-state index contributed by atoms with van der Waals surface area (Å²) in [5.74, 6) is 3.15. The van der Waals surface area contributed by atoms with Crippen LogP contribution in [-0.4, -0.2) is 0 Å². The third-order valence-electron chi connectivity index (χ3n) is 10.6. The molecule has 4 rings (SSSR count). The van der Waals surface area contributed by atoms with E-state index in [0.717, 1.165) is 12.8 Å². The summed E-state index contributed by atoms with van der Waals surface area (Å²) in [7, 11) is 0. The number of hydrogen-bond donors (Lipinski definition) is 0. The van der Waals surface area contributed by atoms with Crippen LogP contribution in [0.5, 0.6) is 0 Å². The van der Waals surface area contributed by atoms with Gasteiger partial charge >= 0.3 is 0 Å². The van der Waals surface area contributed by atoms with Gasteiger partial charge in [0.25, 0.3) is 0 Å². The average molecular weight is 665 g/mol. The number of hydrogen-bond acceptors (Lipinski definition) is 0. The smallest absolute Gasteiger partial charge is 0.00576 e. The minimum atomic E-state index is 0.240. The first-order chi connectivity index (χ1) is 23.1. The zero-order valence-corrected chi connectivity index (χ0v) is 34.7. The summed E-state index contributed by atoms with van der Waals surface area (Å²) in [6.07, 6.45) is 22.9. The quantitative estimate of drug-likeness (QED) is 0.222. The third kappa shape index (κ3) is 14.2. The summed E-state index contributed by atoms with van der Waals surface area (Å²) >= 11 is 0. The monoisotopic (exact) mass is 665 g/mol. The van der Waals surface area contributed by atoms with Crippen LogP contribution in [0.3, 0.4) is 0 Å². The van der Waals surface area contributed by atoms with Crippen molar-refractivity contribution in [3.63, 3.8) is 0 Å². The number of rotatable bonds is 10. The van der Waals surface area contributed by atoms with E-state index in [1.165, 1.54) is 91.2 Å². The van der Waals surface area contributed by atoms with Gasteiger partial charge in [0.05, 0.1) is 0 Å². The van der Waals surface area contributed by atoms with Crippen molar-refractivity contribution in [2.75, 3.05) is 0 Å². The molecule has 2 aliphatic rings. The zero-order chi connectivity index (χ0) is 37.3. The Morgan fingerprint density at radius 1 is 0.694 bits per heavy atom. The van der Waals surface area contributed by atoms with Crippen molar-refractivity contribution >= 4 is 11.1 Å². The van der Waals surface area contributed by atoms with Crippen molar-refractivity contribution < 1.29 is 0 Å². The summed E-state index contributed by atoms with van der Waals surface area (Å²) in [6, 6.07) is 19.0. The van der Waals surface area contributed by atoms with Crippen LogP contribution >= 0.6 is 0 Å². The SMILES string of the molecule is C#CCC.CC.CCC(C)(C)C.CCCCC(C)(C)c1ccc(C2=CC=C(c3ccc(C(C)(C)CCCC)cc3)/C(=C3\CCC3C)C2)cc1. The highest BCUT2D eigenvalue weighted by Crippen LogP contribution is 2.46. The fraction of sp³-hybridized carbons (Fsp3) is 0.592. The Hall–Kier alpha value is -2.78. The van der Waals surface area contributed by atoms with E-state index in [1.807, 2.05) is 20.8 Å². The Morgan fingerprint density at radius 3 is 1.45 bits per heavy atom. The second-order valence-corrected chi connectivity index (χ2v) is 16.5. The first kappa shape index (κ1) is 44.2. The molecule has 1 unspecified atom stereocenters. The molecular formula is C49H76. The van der Waals surface area contributed by atoms with Crippen LogP contribution in [0.25, 0.3) is 11.1 Å². The van der Waals surface area contributed by atoms with E-state index in [-0.39, 0.29) is 10.8 Å². The van der Waals surface area contributed by atoms with Gasteiger partial charge in [-0.1, -0.05) is 195 Å². The predicted molar refractivity (Wildman–Crippen MR) is 224 cm³/mol. The molecular weight excluding hydrogens is 589 g/mol. The molecule has 0 aromatic heterocycles. The molecule has 0 amide bonds. The van der Waals surface area contributed by atoms with E-state index >= 15 is 0 Å². The molecule has 0 saturated heterocycles. The Labute approximate surface area is 306 Å². The second kappa shape index (κ2) is 21.4. The topological polar surface area (TPSA) is 0 Å². The van der Waals surface area contributed by atoms with Crippen LogP contribution in [0.15, 0.2) is 71.8 Å². The summed E-state index contributed by atoms with van der Waals surface area (Å²) in [5, 5.41) is 0. The van der Waals surface area contributed by atoms with Crippen LogP contribution < -0.4 is 0 Å². The maximum absolute atomic E-state index is 4.78. The Bertz CT molecular complexity index is 1350. The van der Waals surface area contributed by atoms with Crippen LogP contribution in [0.1, 0.15) is 190 Å². The lowest BCUT2D eigenvalue weighted by Crippen LogP contribution is -2.17. The highest BCUT2D eigenvalue weighted by atomic mass is 14.3. The van der Waals surface area contributed by atoms with Crippen molar-refractivity contribution in [3.8, 4) is 12.3 Å². The number of terminal acetylenes is 1. The van der Waals surface area contributed by atoms with Crippen LogP contribution in [0, 0.1) is 23.7 Å². The minimum Gasteiger partial charge on any atom is -0.120 e. The molecule has 2 aromatic carbocycles. The first-order valence-corrected chi connectivity index (χ1v) is 19.9. The standard InChI is InChI=1S/C37H50.C6H14.C4H6.C2H6/c1-8-10-24-36(4,5)31-18-13-28(14-19-31)30-17-23-34(35(26-30)33-22-12-27(33)3)29-15-20-32(21-16-29)37(6,7)25-11-9-2;1-5-6(2,3)4;1-3-4-2;1-2/h13-21,23,27H,8-12,22,24-26H2,1-7H3;5H2,1-4H3;1H,4H2,2H3;1-2H3/b35-33+;;;. The highest BCUT2D eigenvalue weighted by molar-refractivity contribution is 5.89. The molecule has 1 fully saturated rings. The van der Waals surface area contributed by atoms with Gasteiger partial charge in [-0.15, -0.1) is 12.3 Å². The number of allylic oxidation sites excluding steroid dienone is 6. The third-order valence-corrected chi connectivity index (χ3v) is 10.6. The van der Waals surface area contributed by atoms with E-state index in [4.69, 9.17) is 6.42 Å². The normalized spacial score (nSPS) is 17.4. The van der Waals surface area contributed by atoms with E-state index < -0.39 is 0 Å². The summed E-state index contributed by atoms with van der Waals surface area (Å²) in [5.41, 5.74) is 12.9. The molecule has 49 heavy (non-hydrogen) atoms. The maximum Gasteiger partial charge on any atom is 0.00576 e. The van der Waals surface area contributed by atoms with Gasteiger partial charge in [0, 0.05) is 6.42 Å². The number of benzene rings is 2. The molecule has 272 valence electrons. The molecule has 0 bridgehead atoms. The predicted octanol–water partition coefficient (Wildman–Crippen LogP) is 15.7. The first-order valence-electron chi connectivity index (χ1n) is 19.9. The summed E-state index contributed by atoms with van der Waals surface area (Å²) < 4.78 is 0. The van der Waals surface area contributed by atoms with Gasteiger partial charge in [-0.25, -0.2) is 0 Å². The zero-order valence-electron chi connectivity index (χ0n) is 34.7. The van der Waals surface area contributed by atoms with Gasteiger partial charge in [0.1, 0.15) is 0 Å². The minimum absolute atomic E-state index is 0.240. The van der Waals surface area contributed by atoms with Crippen molar-refractivity contribution in [1.82, 2.24) is 0 Å². The van der Waals surface area contributed by atoms with Gasteiger partial charge in [0.2, 0.25) is 0 Å². The summed E-state index contributed by atoms with van der Waals surface area (Å²) in [4.78, 5) is 0. The van der Waals surface area contributed by atoms with E-state index in [2.05, 4.69) is 143 Å². The second-order valence-electron chi connectivity index (χ2n) is 16.5.